The van der Waals surface area contributed by atoms with Crippen LogP contribution in [0.3, 0.4) is 0 Å². The molecule has 1 saturated heterocycles. The number of fused-ring (bicyclic) bond motifs is 8. The minimum Gasteiger partial charge on any atom is -0.504 e. The Balaban J connectivity index is 0.906. The highest BCUT2D eigenvalue weighted by atomic mass is 16.6. The van der Waals surface area contributed by atoms with Gasteiger partial charge in [-0.05, 0) is 166 Å². The van der Waals surface area contributed by atoms with Gasteiger partial charge in [0.15, 0.2) is 29.0 Å². The third-order valence-corrected chi connectivity index (χ3v) is 22.4. The third-order valence-electron chi connectivity index (χ3n) is 22.4. The Morgan fingerprint density at radius 1 is 0.967 bits per heavy atom. The number of aromatic hydroxyl groups is 3. The molecule has 5 aromatic rings. The number of nitrogens with zero attached hydrogens (tertiary/aromatic N) is 3. The molecule has 5 aliphatic heterocycles. The first kappa shape index (κ1) is 61.7. The van der Waals surface area contributed by atoms with Crippen molar-refractivity contribution in [3.8, 4) is 52.4 Å². The Kier molecular flexibility index (Phi) is 17.4. The van der Waals surface area contributed by atoms with Crippen LogP contribution in [0.5, 0.6) is 28.7 Å². The van der Waals surface area contributed by atoms with Gasteiger partial charge in [0.25, 0.3) is 0 Å². The number of ether oxygens (including phenoxy) is 4. The fraction of sp³-hybridized carbons (Fsp3) is 0.548. The molecule has 4 saturated carbocycles. The van der Waals surface area contributed by atoms with Crippen LogP contribution in [0.4, 0.5) is 0 Å². The van der Waals surface area contributed by atoms with Gasteiger partial charge in [-0.25, -0.2) is 4.99 Å². The fourth-order valence-electron chi connectivity index (χ4n) is 18.0. The fourth-order valence-corrected chi connectivity index (χ4v) is 18.0. The number of carbonyl (C=O) groups is 1. The normalized spacial score (nSPS) is 33.9. The number of benzene rings is 2. The van der Waals surface area contributed by atoms with Gasteiger partial charge in [0.05, 0.1) is 47.5 Å². The van der Waals surface area contributed by atoms with Crippen LogP contribution in [0, 0.1) is 64.1 Å². The molecule has 1 spiro atoms. The van der Waals surface area contributed by atoms with E-state index in [0.29, 0.717) is 86.4 Å². The lowest BCUT2D eigenvalue weighted by Crippen LogP contribution is -2.73. The summed E-state index contributed by atoms with van der Waals surface area (Å²) in [4.78, 5) is 26.7. The molecule has 3 aromatic heterocycles. The van der Waals surface area contributed by atoms with Crippen molar-refractivity contribution in [2.24, 2.45) is 51.1 Å². The largest absolute Gasteiger partial charge is 0.504 e. The van der Waals surface area contributed by atoms with Crippen molar-refractivity contribution in [1.29, 1.82) is 0 Å². The number of aliphatic imine (C=N–C) groups is 1. The molecule has 2 aromatic carbocycles. The number of H-pyrrole nitrogens is 1. The van der Waals surface area contributed by atoms with Gasteiger partial charge >= 0.3 is 5.97 Å². The van der Waals surface area contributed by atoms with E-state index in [-0.39, 0.29) is 59.4 Å². The number of dihydropyridines is 1. The van der Waals surface area contributed by atoms with Crippen molar-refractivity contribution in [1.82, 2.24) is 41.1 Å². The molecule has 5 fully saturated rings. The molecule has 92 heavy (non-hydrogen) atoms. The SMILES string of the molecule is CCNC[C@@H]1[C@H]2CC[C@H](NC3=N[C@@H](n4cc5cc[nH]c5c4)[C@@H]4[C@H](O)N[C@H]5CCCC[C@@H]5C#CC[C@]5([C@H]6C[C@@H](OC(C)=O)C[C@@H](c7cc(O)c(O)c(OCCc8cccnc8)c7)O6)CC#C[C@@H]6[C@H](CCC[C@@]46N3)Oc3cc(ccc3O)C5)[C@]1(CC1=CCNC(N)=C1)CC2. The number of nitrogens with one attached hydrogen (secondary N) is 6. The maximum Gasteiger partial charge on any atom is 0.302 e. The van der Waals surface area contributed by atoms with Gasteiger partial charge in [0, 0.05) is 105 Å². The van der Waals surface area contributed by atoms with E-state index in [4.69, 9.17) is 29.7 Å². The van der Waals surface area contributed by atoms with Crippen molar-refractivity contribution in [2.75, 3.05) is 26.2 Å². The molecule has 0 unspecified atom stereocenters. The van der Waals surface area contributed by atoms with Crippen LogP contribution in [0.15, 0.2) is 108 Å². The highest BCUT2D eigenvalue weighted by Crippen LogP contribution is 2.59. The molecule has 0 radical (unpaired) electrons. The summed E-state index contributed by atoms with van der Waals surface area (Å²) in [6.45, 7) is 6.32. The topological polar surface area (TPSA) is 267 Å². The first-order valence-corrected chi connectivity index (χ1v) is 33.9. The van der Waals surface area contributed by atoms with Crippen molar-refractivity contribution < 1.29 is 44.2 Å². The predicted octanol–water partition coefficient (Wildman–Crippen LogP) is 8.92. The molecule has 12 N–H and O–H groups in total. The van der Waals surface area contributed by atoms with Gasteiger partial charge in [-0.3, -0.25) is 15.1 Å². The summed E-state index contributed by atoms with van der Waals surface area (Å²) in [5.74, 6) is 15.7. The summed E-state index contributed by atoms with van der Waals surface area (Å²) in [7, 11) is 0. The summed E-state index contributed by atoms with van der Waals surface area (Å²) in [6, 6.07) is 14.6. The van der Waals surface area contributed by atoms with Gasteiger partial charge < -0.3 is 75.9 Å². The number of aromatic amines is 1. The van der Waals surface area contributed by atoms with Crippen molar-refractivity contribution in [3.05, 3.63) is 120 Å². The maximum absolute atomic E-state index is 13.7. The molecule has 14 rings (SSSR count). The van der Waals surface area contributed by atoms with Crippen molar-refractivity contribution in [2.45, 2.75) is 184 Å². The number of hydrogen-bond donors (Lipinski definition) is 11. The zero-order valence-corrected chi connectivity index (χ0v) is 53.0. The minimum atomic E-state index is -1.09. The summed E-state index contributed by atoms with van der Waals surface area (Å²) < 4.78 is 29.4. The minimum absolute atomic E-state index is 0.00492. The number of aliphatic hydroxyl groups is 1. The van der Waals surface area contributed by atoms with Crippen LogP contribution in [0.1, 0.15) is 146 Å². The van der Waals surface area contributed by atoms with Gasteiger partial charge in [-0.2, -0.15) is 0 Å². The first-order valence-electron chi connectivity index (χ1n) is 33.9. The lowest BCUT2D eigenvalue weighted by atomic mass is 9.61. The highest BCUT2D eigenvalue weighted by Gasteiger charge is 2.61. The van der Waals surface area contributed by atoms with E-state index in [1.54, 1.807) is 24.5 Å². The number of carbonyl (C=O) groups excluding carboxylic acids is 1. The quantitative estimate of drug-likeness (QED) is 0.0282. The molecule has 19 heteroatoms. The van der Waals surface area contributed by atoms with E-state index in [9.17, 15) is 25.2 Å². The van der Waals surface area contributed by atoms with Crippen molar-refractivity contribution >= 4 is 22.8 Å². The van der Waals surface area contributed by atoms with Crippen LogP contribution >= 0.6 is 0 Å². The number of rotatable bonds is 14. The molecular formula is C73H90N10O9. The first-order chi connectivity index (χ1) is 44.7. The second-order valence-electron chi connectivity index (χ2n) is 27.9. The number of nitrogens with two attached hydrogens (primary N) is 1. The van der Waals surface area contributed by atoms with E-state index in [2.05, 4.69) is 102 Å². The number of aromatic nitrogens is 3. The number of guanidine groups is 1. The second-order valence-corrected chi connectivity index (χ2v) is 27.9. The number of esters is 1. The number of phenols is 3. The number of pyridine rings is 1. The van der Waals surface area contributed by atoms with E-state index in [0.717, 1.165) is 99.3 Å². The summed E-state index contributed by atoms with van der Waals surface area (Å²) in [5.41, 5.74) is 9.12. The number of aliphatic hydroxyl groups excluding tert-OH is 1. The Morgan fingerprint density at radius 3 is 2.68 bits per heavy atom. The molecular weight excluding hydrogens is 1160 g/mol. The molecule has 8 heterocycles. The summed E-state index contributed by atoms with van der Waals surface area (Å²) in [6.07, 6.45) is 22.8. The number of phenolic OH excluding ortho intramolecular Hbond substituents is 3. The van der Waals surface area contributed by atoms with Crippen LogP contribution < -0.4 is 41.8 Å². The average molecular weight is 1250 g/mol. The summed E-state index contributed by atoms with van der Waals surface area (Å²) >= 11 is 0. The van der Waals surface area contributed by atoms with Gasteiger partial charge in [-0.1, -0.05) is 49.8 Å². The van der Waals surface area contributed by atoms with Crippen LogP contribution in [-0.2, 0) is 27.1 Å². The standard InChI is InChI=1S/C73H90N10O9/c1-3-75-41-54-48-17-19-63(72(54,27-20-48)39-47-21-29-78-65(74)33-47)80-70-81-68(83-42-50-22-30-77-56(50)43-83)66-69(88)79-55-14-5-4-11-49(55)12-6-24-71(25-7-13-53-59(15-8-26-73(53,66)82-70)91-61-32-46(38-71)16-18-57(61)85)64-37-52(90-44(2)84)36-60(92-64)51-34-58(86)67(87)62(35-51)89-31-23-45-10-9-28-76-40-45/h9-10,16,18,21-22,28,30,32-35,40,42-43,48-49,52-55,59-60,63-64,66,68-69,75,77-79,85-88H,3-5,8,11,14-15,17,19-20,23-27,29,31,36-39,41,74H2,1-2H3,(H2,80,81,82)/t48-,49+,52-,53+,54+,55-,59-,60-,63-,64+,66+,68-,69-,71-,72-,73-/m0/s1. The lowest BCUT2D eigenvalue weighted by molar-refractivity contribution is -0.174. The van der Waals surface area contributed by atoms with Crippen molar-refractivity contribution in [3.63, 3.8) is 0 Å². The molecule has 9 aliphatic rings. The highest BCUT2D eigenvalue weighted by molar-refractivity contribution is 5.83. The predicted molar refractivity (Wildman–Crippen MR) is 350 cm³/mol. The van der Waals surface area contributed by atoms with Gasteiger partial charge in [0.2, 0.25) is 5.75 Å². The molecule has 0 amide bonds. The average Bonchev–Trinajstić information content (AvgIpc) is 1.16. The van der Waals surface area contributed by atoms with E-state index < -0.39 is 65.6 Å². The zero-order valence-electron chi connectivity index (χ0n) is 53.0. The van der Waals surface area contributed by atoms with Crippen LogP contribution in [0.2, 0.25) is 0 Å². The van der Waals surface area contributed by atoms with E-state index in [1.165, 1.54) is 18.6 Å². The Morgan fingerprint density at radius 2 is 1.85 bits per heavy atom. The Hall–Kier alpha value is -7.81. The van der Waals surface area contributed by atoms with Crippen LogP contribution in [-0.4, -0.2) is 115 Å². The van der Waals surface area contributed by atoms with Gasteiger partial charge in [-0.15, -0.1) is 11.8 Å². The third kappa shape index (κ3) is 12.1. The lowest BCUT2D eigenvalue weighted by Gasteiger charge is -2.56. The Bertz CT molecular complexity index is 3720. The monoisotopic (exact) mass is 1250 g/mol. The van der Waals surface area contributed by atoms with E-state index >= 15 is 0 Å². The number of allylic oxidation sites excluding steroid dienone is 2. The van der Waals surface area contributed by atoms with Gasteiger partial charge in [0.1, 0.15) is 24.6 Å². The zero-order chi connectivity index (χ0) is 63.1. The second kappa shape index (κ2) is 25.9. The summed E-state index contributed by atoms with van der Waals surface area (Å²) in [5, 5.41) is 68.8. The van der Waals surface area contributed by atoms with Crippen LogP contribution in [0.25, 0.3) is 10.9 Å². The smallest absolute Gasteiger partial charge is 0.302 e. The molecule has 486 valence electrons. The maximum atomic E-state index is 13.7. The molecule has 6 bridgehead atoms. The molecule has 19 nitrogen and oxygen atoms in total. The molecule has 4 aliphatic carbocycles. The Labute approximate surface area is 539 Å². The van der Waals surface area contributed by atoms with E-state index in [1.807, 2.05) is 30.5 Å². The number of hydrogen-bond acceptors (Lipinski definition) is 17. The molecule has 16 atom stereocenters.